The van der Waals surface area contributed by atoms with Gasteiger partial charge >= 0.3 is 0 Å². The van der Waals surface area contributed by atoms with E-state index in [4.69, 9.17) is 0 Å². The average Bonchev–Trinajstić information content (AvgIpc) is 2.18. The molecular formula is C12H19P. The van der Waals surface area contributed by atoms with Gasteiger partial charge < -0.3 is 0 Å². The van der Waals surface area contributed by atoms with E-state index < -0.39 is 0 Å². The molecule has 0 heterocycles. The summed E-state index contributed by atoms with van der Waals surface area (Å²) in [4.78, 5) is 0. The average molecular weight is 194 g/mol. The van der Waals surface area contributed by atoms with Crippen LogP contribution in [0.5, 0.6) is 0 Å². The predicted octanol–water partition coefficient (Wildman–Crippen LogP) is 4.01. The van der Waals surface area contributed by atoms with Crippen LogP contribution in [0.25, 0.3) is 0 Å². The summed E-state index contributed by atoms with van der Waals surface area (Å²) < 4.78 is 0. The Hall–Kier alpha value is -0.350. The number of hydrogen-bond acceptors (Lipinski definition) is 0. The Kier molecular flexibility index (Phi) is 4.45. The molecule has 13 heavy (non-hydrogen) atoms. The lowest BCUT2D eigenvalue weighted by atomic mass is 9.97. The van der Waals surface area contributed by atoms with Gasteiger partial charge in [0.15, 0.2) is 0 Å². The fourth-order valence-electron chi connectivity index (χ4n) is 1.45. The maximum absolute atomic E-state index is 2.37. The SMILES string of the molecule is CCC(C)c1cccc(CPC)c1. The third-order valence-corrected chi connectivity index (χ3v) is 3.28. The van der Waals surface area contributed by atoms with Crippen molar-refractivity contribution >= 4 is 8.58 Å². The standard InChI is InChI=1S/C12H19P/c1-4-10(2)12-7-5-6-11(8-12)9-13-3/h5-8,10,13H,4,9H2,1-3H3. The first-order chi connectivity index (χ1) is 6.27. The van der Waals surface area contributed by atoms with Crippen LogP contribution >= 0.6 is 8.58 Å². The van der Waals surface area contributed by atoms with Crippen LogP contribution in [-0.4, -0.2) is 6.66 Å². The number of benzene rings is 1. The highest BCUT2D eigenvalue weighted by molar-refractivity contribution is 7.36. The Morgan fingerprint density at radius 2 is 2.15 bits per heavy atom. The molecule has 0 saturated heterocycles. The molecule has 2 atom stereocenters. The highest BCUT2D eigenvalue weighted by Crippen LogP contribution is 2.22. The Morgan fingerprint density at radius 3 is 2.77 bits per heavy atom. The summed E-state index contributed by atoms with van der Waals surface area (Å²) >= 11 is 0. The molecule has 0 aliphatic rings. The second-order valence-electron chi connectivity index (χ2n) is 3.58. The topological polar surface area (TPSA) is 0 Å². The molecule has 0 aliphatic heterocycles. The molecule has 0 saturated carbocycles. The lowest BCUT2D eigenvalue weighted by molar-refractivity contribution is 0.733. The summed E-state index contributed by atoms with van der Waals surface area (Å²) in [5.74, 6) is 0.708. The summed E-state index contributed by atoms with van der Waals surface area (Å²) in [5, 5.41) is 0. The normalized spacial score (nSPS) is 13.8. The first-order valence-corrected chi connectivity index (χ1v) is 6.72. The molecule has 1 aromatic rings. The summed E-state index contributed by atoms with van der Waals surface area (Å²) in [6.07, 6.45) is 2.47. The van der Waals surface area contributed by atoms with Crippen LogP contribution in [0.4, 0.5) is 0 Å². The second-order valence-corrected chi connectivity index (χ2v) is 4.65. The minimum Gasteiger partial charge on any atom is -0.121 e. The molecule has 0 fully saturated rings. The van der Waals surface area contributed by atoms with Crippen LogP contribution in [0.2, 0.25) is 0 Å². The molecule has 0 aliphatic carbocycles. The highest BCUT2D eigenvalue weighted by Gasteiger charge is 2.02. The molecule has 0 nitrogen and oxygen atoms in total. The molecule has 72 valence electrons. The molecule has 1 heteroatoms. The Morgan fingerprint density at radius 1 is 1.38 bits per heavy atom. The molecule has 0 spiro atoms. The monoisotopic (exact) mass is 194 g/mol. The van der Waals surface area contributed by atoms with E-state index in [1.165, 1.54) is 23.7 Å². The van der Waals surface area contributed by atoms with Crippen LogP contribution in [-0.2, 0) is 6.16 Å². The summed E-state index contributed by atoms with van der Waals surface area (Å²) in [6.45, 7) is 6.81. The van der Waals surface area contributed by atoms with Gasteiger partial charge in [0.2, 0.25) is 0 Å². The lowest BCUT2D eigenvalue weighted by Crippen LogP contribution is -1.92. The molecule has 0 N–H and O–H groups in total. The molecule has 0 aromatic heterocycles. The third kappa shape index (κ3) is 3.12. The van der Waals surface area contributed by atoms with Crippen molar-refractivity contribution in [2.45, 2.75) is 32.3 Å². The molecule has 1 aromatic carbocycles. The second kappa shape index (κ2) is 5.40. The van der Waals surface area contributed by atoms with E-state index in [0.717, 1.165) is 8.58 Å². The van der Waals surface area contributed by atoms with Crippen molar-refractivity contribution in [2.75, 3.05) is 6.66 Å². The van der Waals surface area contributed by atoms with Crippen LogP contribution < -0.4 is 0 Å². The first kappa shape index (κ1) is 10.7. The zero-order valence-electron chi connectivity index (χ0n) is 8.80. The van der Waals surface area contributed by atoms with Gasteiger partial charge in [-0.2, -0.15) is 0 Å². The molecule has 2 unspecified atom stereocenters. The molecule has 0 bridgehead atoms. The van der Waals surface area contributed by atoms with Gasteiger partial charge in [0.05, 0.1) is 0 Å². The minimum atomic E-state index is 0.708. The Balaban J connectivity index is 2.78. The quantitative estimate of drug-likeness (QED) is 0.635. The smallest absolute Gasteiger partial charge is 0.0103 e. The van der Waals surface area contributed by atoms with E-state index in [9.17, 15) is 0 Å². The van der Waals surface area contributed by atoms with Crippen molar-refractivity contribution in [3.05, 3.63) is 35.4 Å². The fourth-order valence-corrected chi connectivity index (χ4v) is 2.08. The predicted molar refractivity (Wildman–Crippen MR) is 63.1 cm³/mol. The van der Waals surface area contributed by atoms with E-state index in [-0.39, 0.29) is 0 Å². The third-order valence-electron chi connectivity index (χ3n) is 2.51. The molecule has 0 radical (unpaired) electrons. The Labute approximate surface area is 83.5 Å². The highest BCUT2D eigenvalue weighted by atomic mass is 31.1. The van der Waals surface area contributed by atoms with Gasteiger partial charge in [0.1, 0.15) is 0 Å². The molecular weight excluding hydrogens is 175 g/mol. The van der Waals surface area contributed by atoms with Gasteiger partial charge in [0.25, 0.3) is 0 Å². The van der Waals surface area contributed by atoms with Crippen LogP contribution in [0.1, 0.15) is 37.3 Å². The fraction of sp³-hybridized carbons (Fsp3) is 0.500. The van der Waals surface area contributed by atoms with Gasteiger partial charge in [-0.15, -0.1) is 8.58 Å². The summed E-state index contributed by atoms with van der Waals surface area (Å²) in [7, 11) is 1.03. The lowest BCUT2D eigenvalue weighted by Gasteiger charge is -2.10. The zero-order valence-corrected chi connectivity index (χ0v) is 9.80. The largest absolute Gasteiger partial charge is 0.121 e. The van der Waals surface area contributed by atoms with E-state index in [1.807, 2.05) is 0 Å². The van der Waals surface area contributed by atoms with Crippen molar-refractivity contribution < 1.29 is 0 Å². The van der Waals surface area contributed by atoms with Crippen molar-refractivity contribution in [3.63, 3.8) is 0 Å². The van der Waals surface area contributed by atoms with Crippen LogP contribution in [0.3, 0.4) is 0 Å². The first-order valence-electron chi connectivity index (χ1n) is 5.01. The van der Waals surface area contributed by atoms with Crippen molar-refractivity contribution in [1.29, 1.82) is 0 Å². The van der Waals surface area contributed by atoms with Crippen molar-refractivity contribution in [2.24, 2.45) is 0 Å². The van der Waals surface area contributed by atoms with Gasteiger partial charge in [-0.05, 0) is 36.3 Å². The van der Waals surface area contributed by atoms with Gasteiger partial charge in [-0.3, -0.25) is 0 Å². The van der Waals surface area contributed by atoms with Gasteiger partial charge in [-0.25, -0.2) is 0 Å². The summed E-state index contributed by atoms with van der Waals surface area (Å²) in [5.41, 5.74) is 3.00. The van der Waals surface area contributed by atoms with Crippen molar-refractivity contribution in [3.8, 4) is 0 Å². The maximum Gasteiger partial charge on any atom is -0.0103 e. The number of rotatable bonds is 4. The van der Waals surface area contributed by atoms with Crippen molar-refractivity contribution in [1.82, 2.24) is 0 Å². The molecule has 1 rings (SSSR count). The summed E-state index contributed by atoms with van der Waals surface area (Å²) in [6, 6.07) is 9.04. The van der Waals surface area contributed by atoms with Crippen LogP contribution in [0, 0.1) is 0 Å². The van der Waals surface area contributed by atoms with E-state index >= 15 is 0 Å². The van der Waals surface area contributed by atoms with E-state index in [2.05, 4.69) is 44.8 Å². The van der Waals surface area contributed by atoms with E-state index in [1.54, 1.807) is 0 Å². The van der Waals surface area contributed by atoms with Gasteiger partial charge in [-0.1, -0.05) is 38.1 Å². The zero-order chi connectivity index (χ0) is 9.68. The number of hydrogen-bond donors (Lipinski definition) is 0. The Bertz CT molecular complexity index is 255. The molecule has 0 amide bonds. The maximum atomic E-state index is 2.37. The van der Waals surface area contributed by atoms with E-state index in [0.29, 0.717) is 5.92 Å². The van der Waals surface area contributed by atoms with Gasteiger partial charge in [0, 0.05) is 0 Å². The minimum absolute atomic E-state index is 0.708. The van der Waals surface area contributed by atoms with Crippen LogP contribution in [0.15, 0.2) is 24.3 Å².